The van der Waals surface area contributed by atoms with E-state index in [4.69, 9.17) is 0 Å². The first-order chi connectivity index (χ1) is 13.0. The van der Waals surface area contributed by atoms with Crippen molar-refractivity contribution >= 4 is 33.4 Å². The Balaban J connectivity index is 1.81. The van der Waals surface area contributed by atoms with E-state index in [0.717, 1.165) is 16.7 Å². The Hall–Kier alpha value is -3.00. The van der Waals surface area contributed by atoms with Crippen molar-refractivity contribution in [2.24, 2.45) is 0 Å². The lowest BCUT2D eigenvalue weighted by Crippen LogP contribution is -2.31. The largest absolute Gasteiger partial charge is 0.468 e. The summed E-state index contributed by atoms with van der Waals surface area (Å²) >= 11 is 1.42. The second kappa shape index (κ2) is 8.13. The summed E-state index contributed by atoms with van der Waals surface area (Å²) in [4.78, 5) is 40.8. The van der Waals surface area contributed by atoms with Crippen LogP contribution < -0.4 is 10.9 Å². The number of hydrogen-bond donors (Lipinski definition) is 1. The molecule has 0 fully saturated rings. The van der Waals surface area contributed by atoms with Gasteiger partial charge in [0, 0.05) is 23.9 Å². The third-order valence-electron chi connectivity index (χ3n) is 4.16. The molecule has 140 valence electrons. The zero-order chi connectivity index (χ0) is 19.4. The van der Waals surface area contributed by atoms with Crippen LogP contribution in [0.2, 0.25) is 0 Å². The molecule has 0 aliphatic heterocycles. The number of hydrogen-bond acceptors (Lipinski definition) is 6. The van der Waals surface area contributed by atoms with Crippen LogP contribution in [0.3, 0.4) is 0 Å². The SMILES string of the molecule is COC(=O)CNC(=O)CCn1cnc2scc(-c3ccc(C)cc3)c2c1=O. The van der Waals surface area contributed by atoms with E-state index in [9.17, 15) is 14.4 Å². The second-order valence-electron chi connectivity index (χ2n) is 6.04. The lowest BCUT2D eigenvalue weighted by molar-refractivity contribution is -0.141. The minimum absolute atomic E-state index is 0.0636. The Morgan fingerprint density at radius 1 is 1.26 bits per heavy atom. The summed E-state index contributed by atoms with van der Waals surface area (Å²) in [5.74, 6) is -0.860. The van der Waals surface area contributed by atoms with Crippen LogP contribution in [0.5, 0.6) is 0 Å². The van der Waals surface area contributed by atoms with Gasteiger partial charge in [-0.1, -0.05) is 29.8 Å². The van der Waals surface area contributed by atoms with Gasteiger partial charge >= 0.3 is 5.97 Å². The quantitative estimate of drug-likeness (QED) is 0.657. The van der Waals surface area contributed by atoms with E-state index >= 15 is 0 Å². The molecule has 0 unspecified atom stereocenters. The molecule has 0 saturated carbocycles. The molecule has 0 spiro atoms. The van der Waals surface area contributed by atoms with Gasteiger partial charge in [0.15, 0.2) is 0 Å². The summed E-state index contributed by atoms with van der Waals surface area (Å²) in [5.41, 5.74) is 2.76. The van der Waals surface area contributed by atoms with Gasteiger partial charge < -0.3 is 10.1 Å². The van der Waals surface area contributed by atoms with Crippen LogP contribution in [0.25, 0.3) is 21.3 Å². The first-order valence-electron chi connectivity index (χ1n) is 8.37. The smallest absolute Gasteiger partial charge is 0.325 e. The van der Waals surface area contributed by atoms with Crippen LogP contribution in [0.1, 0.15) is 12.0 Å². The molecule has 1 amide bonds. The van der Waals surface area contributed by atoms with Crippen molar-refractivity contribution in [3.8, 4) is 11.1 Å². The topological polar surface area (TPSA) is 90.3 Å². The molecule has 0 aliphatic carbocycles. The van der Waals surface area contributed by atoms with E-state index in [1.807, 2.05) is 36.6 Å². The molecule has 27 heavy (non-hydrogen) atoms. The number of ether oxygens (including phenoxy) is 1. The number of benzene rings is 1. The molecule has 7 nitrogen and oxygen atoms in total. The van der Waals surface area contributed by atoms with Gasteiger partial charge in [0.1, 0.15) is 11.4 Å². The summed E-state index contributed by atoms with van der Waals surface area (Å²) in [6, 6.07) is 7.96. The molecule has 3 aromatic rings. The number of rotatable bonds is 6. The second-order valence-corrected chi connectivity index (χ2v) is 6.90. The zero-order valence-corrected chi connectivity index (χ0v) is 15.8. The maximum atomic E-state index is 12.9. The Bertz CT molecular complexity index is 1040. The number of aromatic nitrogens is 2. The van der Waals surface area contributed by atoms with Crippen molar-refractivity contribution in [2.45, 2.75) is 19.9 Å². The van der Waals surface area contributed by atoms with Gasteiger partial charge in [-0.2, -0.15) is 0 Å². The molecule has 0 saturated heterocycles. The third-order valence-corrected chi connectivity index (χ3v) is 5.05. The number of fused-ring (bicyclic) bond motifs is 1. The number of carbonyl (C=O) groups excluding carboxylic acids is 2. The first-order valence-corrected chi connectivity index (χ1v) is 9.24. The van der Waals surface area contributed by atoms with Gasteiger partial charge in [-0.05, 0) is 12.5 Å². The highest BCUT2D eigenvalue weighted by atomic mass is 32.1. The Morgan fingerprint density at radius 2 is 2.00 bits per heavy atom. The molecule has 0 aliphatic rings. The van der Waals surface area contributed by atoms with Crippen molar-refractivity contribution < 1.29 is 14.3 Å². The molecular weight excluding hydrogens is 366 g/mol. The molecule has 0 radical (unpaired) electrons. The van der Waals surface area contributed by atoms with Gasteiger partial charge in [-0.3, -0.25) is 19.0 Å². The monoisotopic (exact) mass is 385 g/mol. The van der Waals surface area contributed by atoms with Crippen LogP contribution in [-0.2, 0) is 20.9 Å². The average molecular weight is 385 g/mol. The van der Waals surface area contributed by atoms with Crippen molar-refractivity contribution in [1.82, 2.24) is 14.9 Å². The molecule has 1 aromatic carbocycles. The fraction of sp³-hybridized carbons (Fsp3) is 0.263. The molecule has 2 aromatic heterocycles. The van der Waals surface area contributed by atoms with Crippen molar-refractivity contribution in [3.05, 3.63) is 51.9 Å². The predicted octanol–water partition coefficient (Wildman–Crippen LogP) is 2.11. The maximum Gasteiger partial charge on any atom is 0.325 e. The van der Waals surface area contributed by atoms with Crippen molar-refractivity contribution in [2.75, 3.05) is 13.7 Å². The van der Waals surface area contributed by atoms with Crippen LogP contribution in [0.15, 0.2) is 40.8 Å². The number of nitrogens with one attached hydrogen (secondary N) is 1. The molecular formula is C19H19N3O4S. The number of amides is 1. The molecule has 0 atom stereocenters. The van der Waals surface area contributed by atoms with Gasteiger partial charge in [0.25, 0.3) is 5.56 Å². The fourth-order valence-corrected chi connectivity index (χ4v) is 3.53. The normalized spacial score (nSPS) is 10.7. The minimum Gasteiger partial charge on any atom is -0.468 e. The molecule has 0 bridgehead atoms. The van der Waals surface area contributed by atoms with E-state index < -0.39 is 5.97 Å². The van der Waals surface area contributed by atoms with E-state index in [1.165, 1.54) is 29.3 Å². The van der Waals surface area contributed by atoms with Crippen LogP contribution in [-0.4, -0.2) is 35.1 Å². The van der Waals surface area contributed by atoms with Crippen LogP contribution >= 0.6 is 11.3 Å². The molecule has 2 heterocycles. The van der Waals surface area contributed by atoms with E-state index in [2.05, 4.69) is 15.0 Å². The Labute approximate surface area is 159 Å². The number of esters is 1. The molecule has 3 rings (SSSR count). The first kappa shape index (κ1) is 18.8. The van der Waals surface area contributed by atoms with Gasteiger partial charge in [-0.25, -0.2) is 4.98 Å². The zero-order valence-electron chi connectivity index (χ0n) is 15.0. The summed E-state index contributed by atoms with van der Waals surface area (Å²) < 4.78 is 5.89. The fourth-order valence-electron chi connectivity index (χ4n) is 2.63. The summed E-state index contributed by atoms with van der Waals surface area (Å²) in [5, 5.41) is 4.94. The number of thiophene rings is 1. The average Bonchev–Trinajstić information content (AvgIpc) is 3.11. The lowest BCUT2D eigenvalue weighted by Gasteiger charge is -2.07. The summed E-state index contributed by atoms with van der Waals surface area (Å²) in [7, 11) is 1.25. The number of methoxy groups -OCH3 is 1. The third kappa shape index (κ3) is 4.22. The molecule has 1 N–H and O–H groups in total. The summed E-state index contributed by atoms with van der Waals surface area (Å²) in [6.07, 6.45) is 1.52. The van der Waals surface area contributed by atoms with E-state index in [0.29, 0.717) is 10.2 Å². The predicted molar refractivity (Wildman–Crippen MR) is 104 cm³/mol. The highest BCUT2D eigenvalue weighted by molar-refractivity contribution is 7.17. The van der Waals surface area contributed by atoms with Crippen molar-refractivity contribution in [3.63, 3.8) is 0 Å². The highest BCUT2D eigenvalue weighted by Crippen LogP contribution is 2.30. The van der Waals surface area contributed by atoms with Crippen LogP contribution in [0.4, 0.5) is 0 Å². The Morgan fingerprint density at radius 3 is 2.70 bits per heavy atom. The number of carbonyl (C=O) groups is 2. The molecule has 8 heteroatoms. The Kier molecular flexibility index (Phi) is 5.66. The minimum atomic E-state index is -0.524. The highest BCUT2D eigenvalue weighted by Gasteiger charge is 2.14. The van der Waals surface area contributed by atoms with Gasteiger partial charge in [0.2, 0.25) is 5.91 Å². The number of aryl methyl sites for hydroxylation is 2. The maximum absolute atomic E-state index is 12.9. The summed E-state index contributed by atoms with van der Waals surface area (Å²) in [6.45, 7) is 2.00. The standard InChI is InChI=1S/C19H19N3O4S/c1-12-3-5-13(6-4-12)14-10-27-18-17(14)19(25)22(11-21-18)8-7-15(23)20-9-16(24)26-2/h3-6,10-11H,7-9H2,1-2H3,(H,20,23). The number of nitrogens with zero attached hydrogens (tertiary/aromatic N) is 2. The lowest BCUT2D eigenvalue weighted by atomic mass is 10.1. The van der Waals surface area contributed by atoms with E-state index in [-0.39, 0.29) is 31.0 Å². The van der Waals surface area contributed by atoms with Gasteiger partial charge in [0.05, 0.1) is 18.8 Å². The van der Waals surface area contributed by atoms with Gasteiger partial charge in [-0.15, -0.1) is 11.3 Å². The van der Waals surface area contributed by atoms with Crippen LogP contribution in [0, 0.1) is 6.92 Å². The van der Waals surface area contributed by atoms with Crippen molar-refractivity contribution in [1.29, 1.82) is 0 Å². The van der Waals surface area contributed by atoms with E-state index in [1.54, 1.807) is 0 Å².